The number of hydrogen-bond acceptors (Lipinski definition) is 4. The first-order valence-corrected chi connectivity index (χ1v) is 12.6. The highest BCUT2D eigenvalue weighted by atomic mass is 32.2. The number of carbonyl (C=O) groups excluding carboxylic acids is 2. The molecule has 0 spiro atoms. The lowest BCUT2D eigenvalue weighted by Crippen LogP contribution is -2.40. The molecule has 0 saturated heterocycles. The summed E-state index contributed by atoms with van der Waals surface area (Å²) < 4.78 is 28.7. The molecule has 2 amide bonds. The standard InChI is InChI=1S/C26H29N3O4S/c1-3-28(4-2)25(30)19-27-26(31)22-14-11-17-24(18-22)34(32,33)29(23-15-9-6-10-16-23)20-21-12-7-5-8-13-21/h5-18H,3-4,19-20H2,1-2H3,(H,27,31). The fraction of sp³-hybridized carbons (Fsp3) is 0.231. The van der Waals surface area contributed by atoms with Crippen molar-refractivity contribution in [1.82, 2.24) is 10.2 Å². The summed E-state index contributed by atoms with van der Waals surface area (Å²) in [5.41, 5.74) is 1.52. The summed E-state index contributed by atoms with van der Waals surface area (Å²) in [4.78, 5) is 26.5. The Balaban J connectivity index is 1.87. The van der Waals surface area contributed by atoms with Crippen LogP contribution in [-0.4, -0.2) is 44.8 Å². The minimum Gasteiger partial charge on any atom is -0.343 e. The predicted octanol–water partition coefficient (Wildman–Crippen LogP) is 3.68. The topological polar surface area (TPSA) is 86.8 Å². The molecule has 0 aromatic heterocycles. The van der Waals surface area contributed by atoms with Crippen LogP contribution in [0, 0.1) is 0 Å². The van der Waals surface area contributed by atoms with E-state index in [1.807, 2.05) is 50.2 Å². The number of para-hydroxylation sites is 1. The van der Waals surface area contributed by atoms with Gasteiger partial charge in [-0.05, 0) is 49.7 Å². The van der Waals surface area contributed by atoms with Gasteiger partial charge in [-0.15, -0.1) is 0 Å². The number of rotatable bonds is 10. The van der Waals surface area contributed by atoms with Crippen LogP contribution in [0.4, 0.5) is 5.69 Å². The zero-order valence-electron chi connectivity index (χ0n) is 19.3. The molecule has 0 unspecified atom stereocenters. The first-order valence-electron chi connectivity index (χ1n) is 11.1. The Bertz CT molecular complexity index is 1210. The van der Waals surface area contributed by atoms with Crippen LogP contribution in [0.1, 0.15) is 29.8 Å². The van der Waals surface area contributed by atoms with Gasteiger partial charge in [0.2, 0.25) is 5.91 Å². The summed E-state index contributed by atoms with van der Waals surface area (Å²) in [6.07, 6.45) is 0. The molecule has 7 nitrogen and oxygen atoms in total. The Morgan fingerprint density at radius 1 is 0.824 bits per heavy atom. The molecule has 178 valence electrons. The van der Waals surface area contributed by atoms with E-state index in [1.54, 1.807) is 29.2 Å². The molecule has 3 rings (SSSR count). The highest BCUT2D eigenvalue weighted by Gasteiger charge is 2.26. The molecule has 0 fully saturated rings. The number of anilines is 1. The molecule has 0 aliphatic heterocycles. The quantitative estimate of drug-likeness (QED) is 0.481. The van der Waals surface area contributed by atoms with Crippen LogP contribution in [-0.2, 0) is 21.4 Å². The highest BCUT2D eigenvalue weighted by molar-refractivity contribution is 7.92. The number of amides is 2. The molecule has 0 atom stereocenters. The van der Waals surface area contributed by atoms with Gasteiger partial charge < -0.3 is 10.2 Å². The van der Waals surface area contributed by atoms with Gasteiger partial charge in [0.25, 0.3) is 15.9 Å². The van der Waals surface area contributed by atoms with E-state index < -0.39 is 15.9 Å². The lowest BCUT2D eigenvalue weighted by molar-refractivity contribution is -0.129. The summed E-state index contributed by atoms with van der Waals surface area (Å²) in [5, 5.41) is 2.59. The fourth-order valence-corrected chi connectivity index (χ4v) is 5.03. The molecular formula is C26H29N3O4S. The highest BCUT2D eigenvalue weighted by Crippen LogP contribution is 2.26. The van der Waals surface area contributed by atoms with Gasteiger partial charge in [0.15, 0.2) is 0 Å². The zero-order chi connectivity index (χ0) is 24.6. The van der Waals surface area contributed by atoms with E-state index in [1.165, 1.54) is 28.6 Å². The minimum atomic E-state index is -3.98. The van der Waals surface area contributed by atoms with Crippen LogP contribution < -0.4 is 9.62 Å². The second-order valence-electron chi connectivity index (χ2n) is 7.61. The maximum absolute atomic E-state index is 13.7. The normalized spacial score (nSPS) is 11.0. The molecule has 0 bridgehead atoms. The van der Waals surface area contributed by atoms with E-state index in [4.69, 9.17) is 0 Å². The van der Waals surface area contributed by atoms with Gasteiger partial charge >= 0.3 is 0 Å². The van der Waals surface area contributed by atoms with Crippen molar-refractivity contribution >= 4 is 27.5 Å². The van der Waals surface area contributed by atoms with Crippen LogP contribution in [0.15, 0.2) is 89.8 Å². The minimum absolute atomic E-state index is 0.00463. The van der Waals surface area contributed by atoms with Gasteiger partial charge in [-0.1, -0.05) is 54.6 Å². The van der Waals surface area contributed by atoms with E-state index in [0.29, 0.717) is 18.8 Å². The molecular weight excluding hydrogens is 450 g/mol. The van der Waals surface area contributed by atoms with Gasteiger partial charge in [0.05, 0.1) is 23.7 Å². The molecule has 0 aliphatic carbocycles. The van der Waals surface area contributed by atoms with Crippen LogP contribution in [0.3, 0.4) is 0 Å². The molecule has 8 heteroatoms. The number of hydrogen-bond donors (Lipinski definition) is 1. The van der Waals surface area contributed by atoms with Crippen LogP contribution in [0.25, 0.3) is 0 Å². The monoisotopic (exact) mass is 479 g/mol. The van der Waals surface area contributed by atoms with Gasteiger partial charge in [-0.2, -0.15) is 0 Å². The van der Waals surface area contributed by atoms with Crippen LogP contribution in [0.5, 0.6) is 0 Å². The Morgan fingerprint density at radius 2 is 1.44 bits per heavy atom. The summed E-state index contributed by atoms with van der Waals surface area (Å²) in [6.45, 7) is 4.83. The Labute approximate surface area is 201 Å². The third-order valence-electron chi connectivity index (χ3n) is 5.41. The van der Waals surface area contributed by atoms with Gasteiger partial charge in [0.1, 0.15) is 0 Å². The van der Waals surface area contributed by atoms with Crippen molar-refractivity contribution in [2.75, 3.05) is 23.9 Å². The second-order valence-corrected chi connectivity index (χ2v) is 9.47. The van der Waals surface area contributed by atoms with Gasteiger partial charge in [0, 0.05) is 18.7 Å². The summed E-state index contributed by atoms with van der Waals surface area (Å²) in [5.74, 6) is -0.702. The molecule has 1 N–H and O–H groups in total. The van der Waals surface area contributed by atoms with Crippen molar-refractivity contribution in [2.45, 2.75) is 25.3 Å². The first-order chi connectivity index (χ1) is 16.4. The average Bonchev–Trinajstić information content (AvgIpc) is 2.87. The van der Waals surface area contributed by atoms with E-state index in [-0.39, 0.29) is 29.5 Å². The van der Waals surface area contributed by atoms with Crippen molar-refractivity contribution < 1.29 is 18.0 Å². The number of nitrogens with one attached hydrogen (secondary N) is 1. The molecule has 0 radical (unpaired) electrons. The summed E-state index contributed by atoms with van der Waals surface area (Å²) >= 11 is 0. The van der Waals surface area contributed by atoms with Crippen molar-refractivity contribution in [3.63, 3.8) is 0 Å². The van der Waals surface area contributed by atoms with Crippen LogP contribution >= 0.6 is 0 Å². The molecule has 0 aliphatic rings. The van der Waals surface area contributed by atoms with Crippen molar-refractivity contribution in [3.8, 4) is 0 Å². The lowest BCUT2D eigenvalue weighted by atomic mass is 10.2. The summed E-state index contributed by atoms with van der Waals surface area (Å²) in [6, 6.07) is 24.0. The molecule has 3 aromatic carbocycles. The van der Waals surface area contributed by atoms with Crippen molar-refractivity contribution in [1.29, 1.82) is 0 Å². The maximum Gasteiger partial charge on any atom is 0.264 e. The fourth-order valence-electron chi connectivity index (χ4n) is 3.53. The maximum atomic E-state index is 13.7. The number of nitrogens with zero attached hydrogens (tertiary/aromatic N) is 2. The Hall–Kier alpha value is -3.65. The zero-order valence-corrected chi connectivity index (χ0v) is 20.2. The molecule has 0 heterocycles. The third-order valence-corrected chi connectivity index (χ3v) is 7.18. The van der Waals surface area contributed by atoms with Gasteiger partial charge in [-0.25, -0.2) is 8.42 Å². The lowest BCUT2D eigenvalue weighted by Gasteiger charge is -2.25. The average molecular weight is 480 g/mol. The smallest absolute Gasteiger partial charge is 0.264 e. The van der Waals surface area contributed by atoms with E-state index in [2.05, 4.69) is 5.32 Å². The second kappa shape index (κ2) is 11.5. The molecule has 0 saturated carbocycles. The van der Waals surface area contributed by atoms with E-state index in [9.17, 15) is 18.0 Å². The third kappa shape index (κ3) is 6.02. The van der Waals surface area contributed by atoms with E-state index in [0.717, 1.165) is 5.56 Å². The molecule has 3 aromatic rings. The van der Waals surface area contributed by atoms with Crippen LogP contribution in [0.2, 0.25) is 0 Å². The SMILES string of the molecule is CCN(CC)C(=O)CNC(=O)c1cccc(S(=O)(=O)N(Cc2ccccc2)c2ccccc2)c1. The molecule has 34 heavy (non-hydrogen) atoms. The first kappa shape index (κ1) is 25.0. The number of carbonyl (C=O) groups is 2. The Morgan fingerprint density at radius 3 is 2.06 bits per heavy atom. The largest absolute Gasteiger partial charge is 0.343 e. The number of benzene rings is 3. The Kier molecular flexibility index (Phi) is 8.43. The van der Waals surface area contributed by atoms with Crippen molar-refractivity contribution in [3.05, 3.63) is 96.1 Å². The summed E-state index contributed by atoms with van der Waals surface area (Å²) in [7, 11) is -3.98. The predicted molar refractivity (Wildman–Crippen MR) is 133 cm³/mol. The number of sulfonamides is 1. The van der Waals surface area contributed by atoms with Gasteiger partial charge in [-0.3, -0.25) is 13.9 Å². The van der Waals surface area contributed by atoms with E-state index >= 15 is 0 Å². The van der Waals surface area contributed by atoms with Crippen molar-refractivity contribution in [2.24, 2.45) is 0 Å². The number of likely N-dealkylation sites (N-methyl/N-ethyl adjacent to an activating group) is 1.